The first kappa shape index (κ1) is 33.5. The molecule has 4 heterocycles. The molecule has 3 N–H and O–H groups in total. The van der Waals surface area contributed by atoms with Crippen LogP contribution in [0.3, 0.4) is 0 Å². The normalized spacial score (nSPS) is 15.6. The summed E-state index contributed by atoms with van der Waals surface area (Å²) in [6.07, 6.45) is 5.91. The SMILES string of the molecule is CNc1cnn([C@@H](C)c2cnc(N3CC[C@@H](C)C3=O)nc2)c1.[B]C(O)(O)c1ncc(-c2c(C(F)F)ccc(Cl)c2F)nc1C=O. The van der Waals surface area contributed by atoms with E-state index in [1.54, 1.807) is 23.5 Å². The molecule has 2 atom stereocenters. The first-order valence-electron chi connectivity index (χ1n) is 13.4. The summed E-state index contributed by atoms with van der Waals surface area (Å²) in [4.78, 5) is 40.5. The van der Waals surface area contributed by atoms with Crippen LogP contribution in [0.25, 0.3) is 11.3 Å². The first-order chi connectivity index (χ1) is 21.3. The molecule has 17 heteroatoms. The maximum atomic E-state index is 14.1. The average Bonchev–Trinajstić information content (AvgIpc) is 3.64. The van der Waals surface area contributed by atoms with Crippen molar-refractivity contribution in [3.8, 4) is 11.3 Å². The lowest BCUT2D eigenvalue weighted by Gasteiger charge is -2.18. The number of benzene rings is 1. The highest BCUT2D eigenvalue weighted by Gasteiger charge is 2.31. The number of nitrogens with zero attached hydrogens (tertiary/aromatic N) is 7. The van der Waals surface area contributed by atoms with Crippen molar-refractivity contribution >= 4 is 43.3 Å². The van der Waals surface area contributed by atoms with Gasteiger partial charge in [-0.3, -0.25) is 24.2 Å². The molecule has 0 saturated carbocycles. The number of alkyl halides is 2. The zero-order valence-electron chi connectivity index (χ0n) is 24.2. The summed E-state index contributed by atoms with van der Waals surface area (Å²) >= 11 is 5.58. The predicted octanol–water partition coefficient (Wildman–Crippen LogP) is 3.65. The van der Waals surface area contributed by atoms with E-state index in [2.05, 4.69) is 30.4 Å². The molecule has 4 aromatic rings. The summed E-state index contributed by atoms with van der Waals surface area (Å²) in [6, 6.07) is 1.90. The highest BCUT2D eigenvalue weighted by molar-refractivity contribution is 6.31. The zero-order valence-corrected chi connectivity index (χ0v) is 25.0. The molecule has 0 unspecified atom stereocenters. The average molecular weight is 643 g/mol. The van der Waals surface area contributed by atoms with Gasteiger partial charge in [-0.2, -0.15) is 5.10 Å². The first-order valence-corrected chi connectivity index (χ1v) is 13.8. The van der Waals surface area contributed by atoms with Gasteiger partial charge >= 0.3 is 0 Å². The maximum absolute atomic E-state index is 14.1. The Morgan fingerprint density at radius 2 is 1.87 bits per heavy atom. The van der Waals surface area contributed by atoms with Crippen LogP contribution in [-0.2, 0) is 10.5 Å². The van der Waals surface area contributed by atoms with Crippen LogP contribution in [0.5, 0.6) is 0 Å². The Balaban J connectivity index is 0.000000205. The number of carbonyl (C=O) groups is 2. The quantitative estimate of drug-likeness (QED) is 0.147. The second kappa shape index (κ2) is 13.7. The highest BCUT2D eigenvalue weighted by Crippen LogP contribution is 2.36. The van der Waals surface area contributed by atoms with Gasteiger partial charge in [0, 0.05) is 54.8 Å². The van der Waals surface area contributed by atoms with E-state index in [1.807, 2.05) is 31.8 Å². The number of halogens is 4. The number of aromatic nitrogens is 6. The number of carbonyl (C=O) groups excluding carboxylic acids is 2. The molecular weight excluding hydrogens is 616 g/mol. The Morgan fingerprint density at radius 3 is 2.40 bits per heavy atom. The Hall–Kier alpha value is -4.41. The molecule has 5 rings (SSSR count). The molecule has 0 spiro atoms. The third-order valence-electron chi connectivity index (χ3n) is 7.02. The van der Waals surface area contributed by atoms with E-state index in [4.69, 9.17) is 19.4 Å². The van der Waals surface area contributed by atoms with E-state index in [-0.39, 0.29) is 24.2 Å². The molecule has 1 aliphatic heterocycles. The van der Waals surface area contributed by atoms with Crippen LogP contribution in [0.15, 0.2) is 43.1 Å². The number of anilines is 2. The summed E-state index contributed by atoms with van der Waals surface area (Å²) in [5, 5.41) is 25.5. The Kier molecular flexibility index (Phi) is 10.2. The Labute approximate surface area is 261 Å². The molecule has 1 fully saturated rings. The summed E-state index contributed by atoms with van der Waals surface area (Å²) in [5.41, 5.74) is -4.20. The van der Waals surface area contributed by atoms with Crippen molar-refractivity contribution < 1.29 is 33.0 Å². The van der Waals surface area contributed by atoms with Crippen molar-refractivity contribution in [2.45, 2.75) is 38.4 Å². The lowest BCUT2D eigenvalue weighted by Crippen LogP contribution is -2.28. The maximum Gasteiger partial charge on any atom is 0.264 e. The van der Waals surface area contributed by atoms with Crippen molar-refractivity contribution in [1.82, 2.24) is 29.7 Å². The second-order valence-electron chi connectivity index (χ2n) is 10.1. The molecule has 3 aromatic heterocycles. The van der Waals surface area contributed by atoms with Gasteiger partial charge in [0.2, 0.25) is 11.9 Å². The van der Waals surface area contributed by atoms with Gasteiger partial charge in [-0.05, 0) is 19.4 Å². The van der Waals surface area contributed by atoms with E-state index in [1.165, 1.54) is 0 Å². The van der Waals surface area contributed by atoms with E-state index in [0.717, 1.165) is 36.0 Å². The Morgan fingerprint density at radius 1 is 1.18 bits per heavy atom. The lowest BCUT2D eigenvalue weighted by molar-refractivity contribution is -0.120. The van der Waals surface area contributed by atoms with Crippen molar-refractivity contribution in [1.29, 1.82) is 0 Å². The van der Waals surface area contributed by atoms with Gasteiger partial charge in [0.15, 0.2) is 25.6 Å². The van der Waals surface area contributed by atoms with Crippen molar-refractivity contribution in [2.75, 3.05) is 23.8 Å². The van der Waals surface area contributed by atoms with E-state index >= 15 is 0 Å². The van der Waals surface area contributed by atoms with E-state index in [0.29, 0.717) is 12.5 Å². The molecule has 0 bridgehead atoms. The standard InChI is InChI=1S/C15H20N6O.C13H7BClF3N2O3/c1-10-4-5-20(14(10)22)15-17-6-12(7-18-15)11(2)21-9-13(16-3)8-19-21;14-13(22,23)11-8(4-21)20-7(3-19-11)9-5(12(17)18)1-2-6(15)10(9)16/h6-11,16H,4-5H2,1-3H3;1-4,12,22-23H/t10-,11+;/m1./s1. The topological polar surface area (TPSA) is 159 Å². The summed E-state index contributed by atoms with van der Waals surface area (Å²) in [6.45, 7) is 4.67. The van der Waals surface area contributed by atoms with Gasteiger partial charge in [-0.15, -0.1) is 0 Å². The summed E-state index contributed by atoms with van der Waals surface area (Å²) in [7, 11) is 6.85. The number of hydrogen-bond donors (Lipinski definition) is 3. The van der Waals surface area contributed by atoms with Crippen LogP contribution in [0.2, 0.25) is 5.02 Å². The number of aldehydes is 1. The smallest absolute Gasteiger partial charge is 0.264 e. The molecule has 0 aliphatic carbocycles. The molecule has 1 saturated heterocycles. The van der Waals surface area contributed by atoms with Crippen LogP contribution in [-0.4, -0.2) is 73.6 Å². The van der Waals surface area contributed by atoms with Crippen LogP contribution >= 0.6 is 11.6 Å². The molecule has 1 aliphatic rings. The minimum absolute atomic E-state index is 0.0318. The van der Waals surface area contributed by atoms with E-state index < -0.39 is 51.2 Å². The second-order valence-corrected chi connectivity index (χ2v) is 10.5. The third kappa shape index (κ3) is 7.29. The van der Waals surface area contributed by atoms with E-state index in [9.17, 15) is 33.0 Å². The molecule has 1 aromatic carbocycles. The predicted molar refractivity (Wildman–Crippen MR) is 158 cm³/mol. The number of hydrogen-bond acceptors (Lipinski definition) is 10. The number of nitrogens with one attached hydrogen (secondary N) is 1. The third-order valence-corrected chi connectivity index (χ3v) is 7.31. The van der Waals surface area contributed by atoms with Crippen molar-refractivity contribution in [2.24, 2.45) is 5.92 Å². The highest BCUT2D eigenvalue weighted by atomic mass is 35.5. The molecule has 2 radical (unpaired) electrons. The van der Waals surface area contributed by atoms with Crippen molar-refractivity contribution in [3.05, 3.63) is 76.5 Å². The molecular formula is C28H27BClF3N8O4. The fourth-order valence-corrected chi connectivity index (χ4v) is 4.59. The van der Waals surface area contributed by atoms with Gasteiger partial charge in [-0.25, -0.2) is 28.1 Å². The zero-order chi connectivity index (χ0) is 33.1. The van der Waals surface area contributed by atoms with Gasteiger partial charge < -0.3 is 15.5 Å². The molecule has 1 amide bonds. The monoisotopic (exact) mass is 642 g/mol. The van der Waals surface area contributed by atoms with Crippen molar-refractivity contribution in [3.63, 3.8) is 0 Å². The van der Waals surface area contributed by atoms with Crippen LogP contribution in [0.1, 0.15) is 60.0 Å². The van der Waals surface area contributed by atoms with Gasteiger partial charge in [0.25, 0.3) is 6.43 Å². The Bertz CT molecular complexity index is 1690. The van der Waals surface area contributed by atoms with Crippen LogP contribution in [0, 0.1) is 11.7 Å². The van der Waals surface area contributed by atoms with Gasteiger partial charge in [0.1, 0.15) is 11.4 Å². The van der Waals surface area contributed by atoms with Crippen LogP contribution < -0.4 is 10.2 Å². The minimum Gasteiger partial charge on any atom is -0.386 e. The molecule has 12 nitrogen and oxygen atoms in total. The largest absolute Gasteiger partial charge is 0.386 e. The van der Waals surface area contributed by atoms with Crippen LogP contribution in [0.4, 0.5) is 24.8 Å². The lowest BCUT2D eigenvalue weighted by atomic mass is 9.90. The fraction of sp³-hybridized carbons (Fsp3) is 0.321. The molecule has 45 heavy (non-hydrogen) atoms. The number of amides is 1. The van der Waals surface area contributed by atoms with Gasteiger partial charge in [0.05, 0.1) is 34.8 Å². The number of rotatable bonds is 8. The minimum atomic E-state index is -3.04. The fourth-order valence-electron chi connectivity index (χ4n) is 4.44. The summed E-state index contributed by atoms with van der Waals surface area (Å²) in [5.74, 6) is -0.519. The molecule has 234 valence electrons. The summed E-state index contributed by atoms with van der Waals surface area (Å²) < 4.78 is 42.1. The van der Waals surface area contributed by atoms with Gasteiger partial charge in [-0.1, -0.05) is 24.6 Å². The number of aliphatic hydroxyl groups is 2.